The zero-order valence-electron chi connectivity index (χ0n) is 19.4. The fraction of sp³-hybridized carbons (Fsp3) is 0.241. The second-order valence-corrected chi connectivity index (χ2v) is 9.40. The lowest BCUT2D eigenvalue weighted by molar-refractivity contribution is -0.160. The number of piperazine rings is 1. The molecule has 6 rings (SSSR count). The van der Waals surface area contributed by atoms with Crippen molar-refractivity contribution in [1.82, 2.24) is 14.8 Å². The number of nitrogens with one attached hydrogen (secondary N) is 1. The molecule has 3 heterocycles. The highest BCUT2D eigenvalue weighted by atomic mass is 16.2. The molecule has 5 nitrogen and oxygen atoms in total. The quantitative estimate of drug-likeness (QED) is 0.483. The Bertz CT molecular complexity index is 1410. The number of aromatic nitrogens is 1. The summed E-state index contributed by atoms with van der Waals surface area (Å²) in [6, 6.07) is 25.3. The van der Waals surface area contributed by atoms with E-state index in [2.05, 4.69) is 36.2 Å². The van der Waals surface area contributed by atoms with Gasteiger partial charge >= 0.3 is 0 Å². The third-order valence-corrected chi connectivity index (χ3v) is 7.53. The molecule has 2 amide bonds. The largest absolute Gasteiger partial charge is 0.356 e. The predicted molar refractivity (Wildman–Crippen MR) is 132 cm³/mol. The molecule has 1 fully saturated rings. The van der Waals surface area contributed by atoms with Gasteiger partial charge < -0.3 is 14.8 Å². The predicted octanol–water partition coefficient (Wildman–Crippen LogP) is 4.92. The van der Waals surface area contributed by atoms with Crippen molar-refractivity contribution in [1.29, 1.82) is 0 Å². The van der Waals surface area contributed by atoms with Crippen LogP contribution >= 0.6 is 0 Å². The van der Waals surface area contributed by atoms with Gasteiger partial charge in [0.1, 0.15) is 12.6 Å². The van der Waals surface area contributed by atoms with Crippen molar-refractivity contribution >= 4 is 22.7 Å². The summed E-state index contributed by atoms with van der Waals surface area (Å²) < 4.78 is 0. The molecule has 0 spiro atoms. The van der Waals surface area contributed by atoms with E-state index in [0.29, 0.717) is 6.42 Å². The number of para-hydroxylation sites is 1. The smallest absolute Gasteiger partial charge is 0.246 e. The van der Waals surface area contributed by atoms with Crippen LogP contribution < -0.4 is 0 Å². The van der Waals surface area contributed by atoms with E-state index < -0.39 is 6.04 Å². The van der Waals surface area contributed by atoms with Gasteiger partial charge in [-0.1, -0.05) is 72.8 Å². The van der Waals surface area contributed by atoms with E-state index in [-0.39, 0.29) is 30.4 Å². The minimum absolute atomic E-state index is 0.00931. The Morgan fingerprint density at radius 2 is 1.62 bits per heavy atom. The molecule has 2 aliphatic heterocycles. The third kappa shape index (κ3) is 3.07. The fourth-order valence-electron chi connectivity index (χ4n) is 5.74. The number of amides is 2. The molecule has 0 bridgehead atoms. The van der Waals surface area contributed by atoms with Crippen molar-refractivity contribution in [2.45, 2.75) is 38.4 Å². The minimum atomic E-state index is -0.524. The van der Waals surface area contributed by atoms with Gasteiger partial charge in [-0.15, -0.1) is 0 Å². The molecular weight excluding hydrogens is 422 g/mol. The molecule has 1 saturated heterocycles. The molecule has 5 heteroatoms. The van der Waals surface area contributed by atoms with Gasteiger partial charge in [-0.05, 0) is 42.2 Å². The highest BCUT2D eigenvalue weighted by Crippen LogP contribution is 2.44. The molecule has 2 aliphatic rings. The van der Waals surface area contributed by atoms with E-state index in [9.17, 15) is 9.59 Å². The van der Waals surface area contributed by atoms with Crippen molar-refractivity contribution in [2.24, 2.45) is 0 Å². The van der Waals surface area contributed by atoms with Crippen molar-refractivity contribution in [3.05, 3.63) is 107 Å². The highest BCUT2D eigenvalue weighted by molar-refractivity contribution is 5.98. The number of carbonyl (C=O) groups is 2. The van der Waals surface area contributed by atoms with Gasteiger partial charge in [0.2, 0.25) is 11.8 Å². The van der Waals surface area contributed by atoms with Crippen LogP contribution in [0, 0.1) is 6.92 Å². The Kier molecular flexibility index (Phi) is 4.80. The second-order valence-electron chi connectivity index (χ2n) is 9.40. The normalized spacial score (nSPS) is 20.9. The van der Waals surface area contributed by atoms with Gasteiger partial charge in [0.05, 0.1) is 12.1 Å². The molecule has 0 aliphatic carbocycles. The number of aryl methyl sites for hydroxylation is 1. The van der Waals surface area contributed by atoms with Gasteiger partial charge in [-0.3, -0.25) is 9.59 Å². The molecule has 34 heavy (non-hydrogen) atoms. The van der Waals surface area contributed by atoms with Crippen molar-refractivity contribution in [3.63, 3.8) is 0 Å². The minimum Gasteiger partial charge on any atom is -0.356 e. The van der Waals surface area contributed by atoms with Crippen LogP contribution in [0.3, 0.4) is 0 Å². The number of H-pyrrole nitrogens is 1. The summed E-state index contributed by atoms with van der Waals surface area (Å²) in [4.78, 5) is 34.9. The van der Waals surface area contributed by atoms with E-state index in [0.717, 1.165) is 38.9 Å². The van der Waals surface area contributed by atoms with Crippen LogP contribution in [0.5, 0.6) is 0 Å². The average molecular weight is 450 g/mol. The first-order chi connectivity index (χ1) is 16.5. The van der Waals surface area contributed by atoms with Crippen LogP contribution in [0.2, 0.25) is 0 Å². The first-order valence-corrected chi connectivity index (χ1v) is 11.9. The highest BCUT2D eigenvalue weighted by Gasteiger charge is 2.49. The summed E-state index contributed by atoms with van der Waals surface area (Å²) in [5.41, 5.74) is 6.42. The number of carbonyl (C=O) groups excluding carboxylic acids is 2. The van der Waals surface area contributed by atoms with Gasteiger partial charge in [-0.2, -0.15) is 0 Å². The van der Waals surface area contributed by atoms with Crippen LogP contribution in [-0.4, -0.2) is 39.2 Å². The van der Waals surface area contributed by atoms with Gasteiger partial charge in [0.15, 0.2) is 0 Å². The molecule has 1 N–H and O–H groups in total. The van der Waals surface area contributed by atoms with Crippen molar-refractivity contribution in [3.8, 4) is 0 Å². The Balaban J connectivity index is 1.50. The molecule has 1 aromatic heterocycles. The fourth-order valence-corrected chi connectivity index (χ4v) is 5.74. The van der Waals surface area contributed by atoms with Gasteiger partial charge in [0, 0.05) is 23.0 Å². The molecular formula is C29H27N3O2. The van der Waals surface area contributed by atoms with E-state index in [4.69, 9.17) is 0 Å². The lowest BCUT2D eigenvalue weighted by Crippen LogP contribution is -2.63. The Labute approximate surface area is 199 Å². The first-order valence-electron chi connectivity index (χ1n) is 11.9. The zero-order valence-corrected chi connectivity index (χ0v) is 19.4. The number of aromatic amines is 1. The topological polar surface area (TPSA) is 56.4 Å². The Morgan fingerprint density at radius 3 is 2.41 bits per heavy atom. The summed E-state index contributed by atoms with van der Waals surface area (Å²) in [6.07, 6.45) is 0.518. The van der Waals surface area contributed by atoms with Crippen molar-refractivity contribution in [2.75, 3.05) is 6.54 Å². The lowest BCUT2D eigenvalue weighted by Gasteiger charge is -2.48. The number of hydrogen-bond donors (Lipinski definition) is 1. The number of nitrogens with zero attached hydrogens (tertiary/aromatic N) is 2. The molecule has 3 atom stereocenters. The Hall–Kier alpha value is -3.86. The maximum absolute atomic E-state index is 14.0. The molecule has 170 valence electrons. The lowest BCUT2D eigenvalue weighted by atomic mass is 9.84. The van der Waals surface area contributed by atoms with E-state index in [1.807, 2.05) is 66.4 Å². The number of hydrogen-bond acceptors (Lipinski definition) is 2. The molecule has 0 unspecified atom stereocenters. The maximum atomic E-state index is 14.0. The third-order valence-electron chi connectivity index (χ3n) is 7.53. The monoisotopic (exact) mass is 449 g/mol. The van der Waals surface area contributed by atoms with Gasteiger partial charge in [-0.25, -0.2) is 0 Å². The number of rotatable bonds is 3. The second kappa shape index (κ2) is 7.87. The summed E-state index contributed by atoms with van der Waals surface area (Å²) in [5.74, 6) is 0.00964. The van der Waals surface area contributed by atoms with Crippen LogP contribution in [0.25, 0.3) is 10.9 Å². The number of fused-ring (bicyclic) bond motifs is 4. The summed E-state index contributed by atoms with van der Waals surface area (Å²) in [5, 5.41) is 1.13. The van der Waals surface area contributed by atoms with Crippen LogP contribution in [-0.2, 0) is 16.0 Å². The molecule has 3 aromatic carbocycles. The van der Waals surface area contributed by atoms with Crippen LogP contribution in [0.15, 0.2) is 78.9 Å². The summed E-state index contributed by atoms with van der Waals surface area (Å²) in [7, 11) is 0. The van der Waals surface area contributed by atoms with Crippen LogP contribution in [0.1, 0.15) is 47.0 Å². The Morgan fingerprint density at radius 1 is 0.912 bits per heavy atom. The standard InChI is InChI=1S/C29H27N3O2/c1-18-10-6-7-13-21(18)28-27-23(22-14-8-9-15-24(22)30-27)16-25-29(34)31(17-26(33)32(25)28)19(2)20-11-4-3-5-12-20/h3-15,19,25,28,30H,16-17H2,1-2H3/t19-,25-,28+/m0/s1. The van der Waals surface area contributed by atoms with E-state index >= 15 is 0 Å². The molecule has 4 aromatic rings. The van der Waals surface area contributed by atoms with Crippen molar-refractivity contribution < 1.29 is 9.59 Å². The summed E-state index contributed by atoms with van der Waals surface area (Å²) >= 11 is 0. The van der Waals surface area contributed by atoms with Gasteiger partial charge in [0.25, 0.3) is 0 Å². The van der Waals surface area contributed by atoms with E-state index in [1.165, 1.54) is 0 Å². The van der Waals surface area contributed by atoms with Crippen LogP contribution in [0.4, 0.5) is 0 Å². The zero-order chi connectivity index (χ0) is 23.4. The maximum Gasteiger partial charge on any atom is 0.246 e. The number of benzene rings is 3. The average Bonchev–Trinajstić information content (AvgIpc) is 3.24. The summed E-state index contributed by atoms with van der Waals surface area (Å²) in [6.45, 7) is 4.17. The SMILES string of the molecule is Cc1ccccc1[C@@H]1c2[nH]c3ccccc3c2C[C@H]2C(=O)N([C@@H](C)c3ccccc3)CC(=O)N12. The molecule has 0 radical (unpaired) electrons. The molecule has 0 saturated carbocycles. The first kappa shape index (κ1) is 20.7. The van der Waals surface area contributed by atoms with E-state index in [1.54, 1.807) is 4.90 Å².